The molecule has 0 amide bonds. The number of nitrogens with zero attached hydrogens (tertiary/aromatic N) is 5. The Morgan fingerprint density at radius 1 is 1.08 bits per heavy atom. The summed E-state index contributed by atoms with van der Waals surface area (Å²) < 4.78 is 1.88. The molecule has 9 heteroatoms. The number of fused-ring (bicyclic) bond motifs is 1. The van der Waals surface area contributed by atoms with Gasteiger partial charge in [0.1, 0.15) is 5.65 Å². The van der Waals surface area contributed by atoms with E-state index in [9.17, 15) is 9.59 Å². The molecule has 2 aromatic heterocycles. The van der Waals surface area contributed by atoms with Gasteiger partial charge < -0.3 is 15.1 Å². The van der Waals surface area contributed by atoms with E-state index in [4.69, 9.17) is 9.82 Å². The third kappa shape index (κ3) is 5.53. The van der Waals surface area contributed by atoms with Crippen LogP contribution in [0, 0.1) is 5.41 Å². The second-order valence-electron chi connectivity index (χ2n) is 11.3. The van der Waals surface area contributed by atoms with Crippen molar-refractivity contribution in [3.05, 3.63) is 52.4 Å². The fourth-order valence-electron chi connectivity index (χ4n) is 5.23. The fourth-order valence-corrected chi connectivity index (χ4v) is 5.23. The predicted molar refractivity (Wildman–Crippen MR) is 150 cm³/mol. The van der Waals surface area contributed by atoms with Crippen LogP contribution < -0.4 is 15.8 Å². The quantitative estimate of drug-likeness (QED) is 0.496. The number of anilines is 3. The zero-order chi connectivity index (χ0) is 26.9. The van der Waals surface area contributed by atoms with E-state index in [0.29, 0.717) is 19.0 Å². The number of hydrogen-bond donors (Lipinski definition) is 1. The molecule has 2 aliphatic rings. The van der Waals surface area contributed by atoms with Gasteiger partial charge in [-0.15, -0.1) is 5.06 Å². The molecule has 9 nitrogen and oxygen atoms in total. The second kappa shape index (κ2) is 10.7. The SMILES string of the molecule is CCc1cc(=O)n(C2CCCC2)c2nc(Nc3ccc(N4CCN(OC(=O)C(C)(C)C)CC4)cc3)ncc12. The standard InChI is InChI=1S/C29H38N6O3/c1-5-20-18-25(36)35(23-8-6-7-9-23)26-24(20)19-30-28(32-26)31-21-10-12-22(13-11-21)33-14-16-34(17-15-33)38-27(37)29(2,3)4/h10-13,18-19,23H,5-9,14-17H2,1-4H3,(H,30,31,32). The largest absolute Gasteiger partial charge is 0.369 e. The van der Waals surface area contributed by atoms with Gasteiger partial charge in [0.15, 0.2) is 0 Å². The first-order valence-corrected chi connectivity index (χ1v) is 13.7. The summed E-state index contributed by atoms with van der Waals surface area (Å²) >= 11 is 0. The number of hydrogen-bond acceptors (Lipinski definition) is 8. The lowest BCUT2D eigenvalue weighted by atomic mass is 9.98. The molecule has 5 rings (SSSR count). The van der Waals surface area contributed by atoms with Gasteiger partial charge >= 0.3 is 5.97 Å². The fraction of sp³-hybridized carbons (Fsp3) is 0.517. The maximum absolute atomic E-state index is 13.0. The Labute approximate surface area is 223 Å². The van der Waals surface area contributed by atoms with Crippen LogP contribution in [0.25, 0.3) is 11.0 Å². The van der Waals surface area contributed by atoms with Crippen molar-refractivity contribution >= 4 is 34.3 Å². The van der Waals surface area contributed by atoms with Crippen LogP contribution in [0.5, 0.6) is 0 Å². The lowest BCUT2D eigenvalue weighted by Gasteiger charge is -2.35. The Morgan fingerprint density at radius 3 is 2.39 bits per heavy atom. The first-order chi connectivity index (χ1) is 18.2. The molecule has 2 fully saturated rings. The Morgan fingerprint density at radius 2 is 1.76 bits per heavy atom. The summed E-state index contributed by atoms with van der Waals surface area (Å²) in [7, 11) is 0. The van der Waals surface area contributed by atoms with E-state index in [1.165, 1.54) is 0 Å². The minimum Gasteiger partial charge on any atom is -0.369 e. The van der Waals surface area contributed by atoms with Crippen molar-refractivity contribution in [2.75, 3.05) is 36.4 Å². The molecular weight excluding hydrogens is 480 g/mol. The van der Waals surface area contributed by atoms with Gasteiger partial charge in [-0.1, -0.05) is 19.8 Å². The van der Waals surface area contributed by atoms with Crippen molar-refractivity contribution < 1.29 is 9.63 Å². The van der Waals surface area contributed by atoms with Crippen LogP contribution >= 0.6 is 0 Å². The van der Waals surface area contributed by atoms with Crippen molar-refractivity contribution in [2.45, 2.75) is 65.8 Å². The molecule has 1 aliphatic heterocycles. The maximum Gasteiger partial charge on any atom is 0.330 e. The number of pyridine rings is 1. The van der Waals surface area contributed by atoms with Crippen LogP contribution in [0.3, 0.4) is 0 Å². The topological polar surface area (TPSA) is 92.6 Å². The molecule has 202 valence electrons. The molecule has 0 spiro atoms. The van der Waals surface area contributed by atoms with Gasteiger partial charge in [0.2, 0.25) is 5.95 Å². The molecule has 1 saturated carbocycles. The van der Waals surface area contributed by atoms with Crippen molar-refractivity contribution in [3.8, 4) is 0 Å². The van der Waals surface area contributed by atoms with E-state index in [2.05, 4.69) is 34.3 Å². The number of piperazine rings is 1. The Bertz CT molecular complexity index is 1350. The second-order valence-corrected chi connectivity index (χ2v) is 11.3. The molecular formula is C29H38N6O3. The minimum absolute atomic E-state index is 0.0310. The summed E-state index contributed by atoms with van der Waals surface area (Å²) in [4.78, 5) is 42.4. The Balaban J connectivity index is 1.29. The van der Waals surface area contributed by atoms with Crippen LogP contribution in [-0.2, 0) is 16.1 Å². The van der Waals surface area contributed by atoms with Gasteiger partial charge in [0.05, 0.1) is 18.5 Å². The Hall–Kier alpha value is -3.46. The molecule has 1 aromatic carbocycles. The predicted octanol–water partition coefficient (Wildman–Crippen LogP) is 4.84. The van der Waals surface area contributed by atoms with Gasteiger partial charge in [-0.2, -0.15) is 4.98 Å². The van der Waals surface area contributed by atoms with Gasteiger partial charge in [0, 0.05) is 48.2 Å². The first-order valence-electron chi connectivity index (χ1n) is 13.7. The van der Waals surface area contributed by atoms with Crippen molar-refractivity contribution in [1.29, 1.82) is 0 Å². The zero-order valence-corrected chi connectivity index (χ0v) is 22.9. The number of benzene rings is 1. The molecule has 0 radical (unpaired) electrons. The van der Waals surface area contributed by atoms with Gasteiger partial charge in [0.25, 0.3) is 5.56 Å². The number of carbonyl (C=O) groups is 1. The third-order valence-electron chi connectivity index (χ3n) is 7.50. The maximum atomic E-state index is 13.0. The number of aromatic nitrogens is 3. The smallest absolute Gasteiger partial charge is 0.330 e. The molecule has 0 unspecified atom stereocenters. The highest BCUT2D eigenvalue weighted by molar-refractivity contribution is 5.80. The molecule has 1 saturated heterocycles. The van der Waals surface area contributed by atoms with E-state index in [-0.39, 0.29) is 17.6 Å². The molecule has 38 heavy (non-hydrogen) atoms. The molecule has 0 bridgehead atoms. The van der Waals surface area contributed by atoms with Gasteiger partial charge in [-0.05, 0) is 69.9 Å². The summed E-state index contributed by atoms with van der Waals surface area (Å²) in [5, 5.41) is 6.03. The number of aryl methyl sites for hydroxylation is 1. The van der Waals surface area contributed by atoms with Gasteiger partial charge in [-0.3, -0.25) is 9.36 Å². The number of hydroxylamine groups is 2. The molecule has 1 aliphatic carbocycles. The molecule has 0 atom stereocenters. The van der Waals surface area contributed by atoms with E-state index in [1.54, 1.807) is 11.1 Å². The monoisotopic (exact) mass is 518 g/mol. The van der Waals surface area contributed by atoms with Crippen molar-refractivity contribution in [1.82, 2.24) is 19.6 Å². The average Bonchev–Trinajstić information content (AvgIpc) is 3.43. The van der Waals surface area contributed by atoms with Crippen LogP contribution in [0.4, 0.5) is 17.3 Å². The molecule has 1 N–H and O–H groups in total. The van der Waals surface area contributed by atoms with Crippen LogP contribution in [0.2, 0.25) is 0 Å². The van der Waals surface area contributed by atoms with E-state index in [0.717, 1.165) is 73.2 Å². The van der Waals surface area contributed by atoms with E-state index < -0.39 is 5.41 Å². The first kappa shape index (κ1) is 26.2. The summed E-state index contributed by atoms with van der Waals surface area (Å²) in [6.45, 7) is 10.5. The van der Waals surface area contributed by atoms with Crippen molar-refractivity contribution in [3.63, 3.8) is 0 Å². The Kier molecular flexibility index (Phi) is 7.38. The minimum atomic E-state index is -0.513. The summed E-state index contributed by atoms with van der Waals surface area (Å²) in [6.07, 6.45) is 6.93. The zero-order valence-electron chi connectivity index (χ0n) is 22.9. The van der Waals surface area contributed by atoms with Crippen LogP contribution in [0.15, 0.2) is 41.3 Å². The van der Waals surface area contributed by atoms with Crippen LogP contribution in [-0.4, -0.2) is 51.7 Å². The summed E-state index contributed by atoms with van der Waals surface area (Å²) in [5.41, 5.74) is 3.22. The number of rotatable bonds is 6. The molecule has 3 heterocycles. The highest BCUT2D eigenvalue weighted by Crippen LogP contribution is 2.31. The van der Waals surface area contributed by atoms with Gasteiger partial charge in [-0.25, -0.2) is 9.78 Å². The lowest BCUT2D eigenvalue weighted by molar-refractivity contribution is -0.201. The summed E-state index contributed by atoms with van der Waals surface area (Å²) in [5.74, 6) is 0.280. The lowest BCUT2D eigenvalue weighted by Crippen LogP contribution is -2.48. The van der Waals surface area contributed by atoms with E-state index >= 15 is 0 Å². The molecule has 3 aromatic rings. The average molecular weight is 519 g/mol. The normalized spacial score (nSPS) is 17.2. The van der Waals surface area contributed by atoms with Crippen LogP contribution in [0.1, 0.15) is 65.0 Å². The van der Waals surface area contributed by atoms with Crippen molar-refractivity contribution in [2.24, 2.45) is 5.41 Å². The number of nitrogens with one attached hydrogen (secondary N) is 1. The number of carbonyl (C=O) groups excluding carboxylic acids is 1. The highest BCUT2D eigenvalue weighted by Gasteiger charge is 2.28. The summed E-state index contributed by atoms with van der Waals surface area (Å²) in [6, 6.07) is 10.1. The third-order valence-corrected chi connectivity index (χ3v) is 7.50. The van der Waals surface area contributed by atoms with E-state index in [1.807, 2.05) is 43.7 Å². The highest BCUT2D eigenvalue weighted by atomic mass is 16.7.